The number of halogens is 1. The van der Waals surface area contributed by atoms with Crippen molar-refractivity contribution in [2.75, 3.05) is 3.11 Å². The van der Waals surface area contributed by atoms with Crippen molar-refractivity contribution in [2.24, 2.45) is 0 Å². The summed E-state index contributed by atoms with van der Waals surface area (Å²) in [6.45, 7) is 1.90. The number of hydrogen-bond donors (Lipinski definition) is 0. The molecule has 0 aromatic heterocycles. The van der Waals surface area contributed by atoms with Gasteiger partial charge in [0.15, 0.2) is 0 Å². The van der Waals surface area contributed by atoms with Gasteiger partial charge in [0, 0.05) is 0 Å². The Labute approximate surface area is 89.2 Å². The highest BCUT2D eigenvalue weighted by Crippen LogP contribution is 2.31. The zero-order chi connectivity index (χ0) is 9.59. The Hall–Kier alpha value is -0.910. The molecule has 0 radical (unpaired) electrons. The lowest BCUT2D eigenvalue weighted by Crippen LogP contribution is -2.18. The number of carbonyl (C=O) groups is 2. The molecule has 1 aliphatic rings. The van der Waals surface area contributed by atoms with E-state index in [1.807, 2.05) is 35.9 Å². The number of benzene rings is 1. The maximum Gasteiger partial charge on any atom is 0.308 e. The van der Waals surface area contributed by atoms with E-state index in [9.17, 15) is 9.59 Å². The minimum atomic E-state index is -0.457. The van der Waals surface area contributed by atoms with Crippen LogP contribution in [0.4, 0.5) is 5.69 Å². The number of nitrogens with zero attached hydrogens (tertiary/aromatic N) is 1. The van der Waals surface area contributed by atoms with Gasteiger partial charge in [0.2, 0.25) is 0 Å². The minimum absolute atomic E-state index is 0.409. The lowest BCUT2D eigenvalue weighted by molar-refractivity contribution is -0.112. The van der Waals surface area contributed by atoms with Crippen LogP contribution in [-0.4, -0.2) is 11.7 Å². The molecule has 0 saturated heterocycles. The topological polar surface area (TPSA) is 37.4 Å². The highest BCUT2D eigenvalue weighted by Gasteiger charge is 2.34. The summed E-state index contributed by atoms with van der Waals surface area (Å²) in [7, 11) is 0. The molecular weight excluding hydrogens is 281 g/mol. The zero-order valence-corrected chi connectivity index (χ0v) is 9.03. The van der Waals surface area contributed by atoms with E-state index >= 15 is 0 Å². The number of Topliss-reactive ketones (excluding diaryl/α,β-unsaturated/α-hetero) is 1. The number of anilines is 1. The Morgan fingerprint density at radius 1 is 1.31 bits per heavy atom. The van der Waals surface area contributed by atoms with Gasteiger partial charge in [0.05, 0.1) is 34.1 Å². The Morgan fingerprint density at radius 2 is 2.00 bits per heavy atom. The molecule has 13 heavy (non-hydrogen) atoms. The van der Waals surface area contributed by atoms with Gasteiger partial charge in [-0.25, -0.2) is 3.11 Å². The molecule has 1 aromatic rings. The van der Waals surface area contributed by atoms with Crippen molar-refractivity contribution in [3.05, 3.63) is 29.3 Å². The van der Waals surface area contributed by atoms with Gasteiger partial charge in [-0.05, 0) is 19.1 Å². The van der Waals surface area contributed by atoms with Gasteiger partial charge < -0.3 is 0 Å². The van der Waals surface area contributed by atoms with Gasteiger partial charge in [-0.1, -0.05) is 11.6 Å². The Morgan fingerprint density at radius 3 is 2.69 bits per heavy atom. The van der Waals surface area contributed by atoms with E-state index in [0.717, 1.165) is 5.56 Å². The molecule has 0 fully saturated rings. The number of fused-ring (bicyclic) bond motifs is 1. The fourth-order valence-electron chi connectivity index (χ4n) is 1.32. The minimum Gasteiger partial charge on any atom is -0.283 e. The van der Waals surface area contributed by atoms with E-state index < -0.39 is 11.7 Å². The summed E-state index contributed by atoms with van der Waals surface area (Å²) in [4.78, 5) is 22.6. The molecule has 0 spiro atoms. The van der Waals surface area contributed by atoms with E-state index in [2.05, 4.69) is 0 Å². The fourth-order valence-corrected chi connectivity index (χ4v) is 1.96. The maximum atomic E-state index is 11.4. The van der Waals surface area contributed by atoms with Crippen LogP contribution < -0.4 is 3.11 Å². The summed E-state index contributed by atoms with van der Waals surface area (Å²) in [5.74, 6) is -0.866. The molecule has 1 amide bonds. The van der Waals surface area contributed by atoms with Crippen molar-refractivity contribution in [3.63, 3.8) is 0 Å². The second kappa shape index (κ2) is 2.80. The summed E-state index contributed by atoms with van der Waals surface area (Å²) >= 11 is 1.84. The molecule has 0 bridgehead atoms. The molecule has 66 valence electrons. The van der Waals surface area contributed by atoms with Crippen molar-refractivity contribution in [2.45, 2.75) is 6.92 Å². The van der Waals surface area contributed by atoms with Crippen LogP contribution in [0.2, 0.25) is 0 Å². The van der Waals surface area contributed by atoms with Gasteiger partial charge >= 0.3 is 5.91 Å². The molecule has 3 nitrogen and oxygen atoms in total. The molecule has 1 aliphatic heterocycles. The van der Waals surface area contributed by atoms with Crippen LogP contribution in [0, 0.1) is 6.92 Å². The van der Waals surface area contributed by atoms with Crippen molar-refractivity contribution in [1.82, 2.24) is 0 Å². The predicted octanol–water partition coefficient (Wildman–Crippen LogP) is 1.87. The average Bonchev–Trinajstić information content (AvgIpc) is 2.32. The summed E-state index contributed by atoms with van der Waals surface area (Å²) in [6.07, 6.45) is 0. The quantitative estimate of drug-likeness (QED) is 0.415. The Balaban J connectivity index is 2.67. The molecule has 1 aromatic carbocycles. The molecule has 1 heterocycles. The third-order valence-electron chi connectivity index (χ3n) is 1.98. The number of ketones is 1. The highest BCUT2D eigenvalue weighted by molar-refractivity contribution is 14.1. The first-order valence-corrected chi connectivity index (χ1v) is 4.73. The highest BCUT2D eigenvalue weighted by atomic mass is 127. The first kappa shape index (κ1) is 8.68. The molecule has 4 heteroatoms. The van der Waals surface area contributed by atoms with Crippen LogP contribution in [0.3, 0.4) is 0 Å². The first-order valence-electron chi connectivity index (χ1n) is 3.76. The standard InChI is InChI=1S/C9H6INO2/c1-5-2-3-7-6(4-5)8(12)9(13)11(7)10/h2-4H,1H3. The Kier molecular flexibility index (Phi) is 1.87. The van der Waals surface area contributed by atoms with E-state index in [-0.39, 0.29) is 0 Å². The summed E-state index contributed by atoms with van der Waals surface area (Å²) < 4.78 is 1.36. The van der Waals surface area contributed by atoms with Crippen LogP contribution in [0.25, 0.3) is 0 Å². The molecule has 0 aliphatic carbocycles. The van der Waals surface area contributed by atoms with Crippen molar-refractivity contribution >= 4 is 40.2 Å². The monoisotopic (exact) mass is 287 g/mol. The van der Waals surface area contributed by atoms with Gasteiger partial charge in [-0.2, -0.15) is 0 Å². The van der Waals surface area contributed by atoms with E-state index in [1.54, 1.807) is 12.1 Å². The second-order valence-electron chi connectivity index (χ2n) is 2.94. The van der Waals surface area contributed by atoms with Gasteiger partial charge in [0.25, 0.3) is 5.78 Å². The molecule has 0 atom stereocenters. The van der Waals surface area contributed by atoms with Crippen molar-refractivity contribution < 1.29 is 9.59 Å². The van der Waals surface area contributed by atoms with Crippen LogP contribution >= 0.6 is 22.9 Å². The average molecular weight is 287 g/mol. The number of aryl methyl sites for hydroxylation is 1. The molecule has 0 N–H and O–H groups in total. The fraction of sp³-hybridized carbons (Fsp3) is 0.111. The van der Waals surface area contributed by atoms with Crippen LogP contribution in [0.15, 0.2) is 18.2 Å². The molecule has 0 unspecified atom stereocenters. The molecular formula is C9H6INO2. The third kappa shape index (κ3) is 1.16. The van der Waals surface area contributed by atoms with Crippen LogP contribution in [0.1, 0.15) is 15.9 Å². The number of carbonyl (C=O) groups excluding carboxylic acids is 2. The summed E-state index contributed by atoms with van der Waals surface area (Å²) in [6, 6.07) is 5.42. The lowest BCUT2D eigenvalue weighted by atomic mass is 10.1. The SMILES string of the molecule is Cc1ccc2c(c1)C(=O)C(=O)N2I. The largest absolute Gasteiger partial charge is 0.308 e. The zero-order valence-electron chi connectivity index (χ0n) is 6.87. The smallest absolute Gasteiger partial charge is 0.283 e. The number of hydrogen-bond acceptors (Lipinski definition) is 2. The summed E-state index contributed by atoms with van der Waals surface area (Å²) in [5.41, 5.74) is 2.20. The normalized spacial score (nSPS) is 15.1. The second-order valence-corrected chi connectivity index (χ2v) is 3.90. The van der Waals surface area contributed by atoms with Crippen molar-refractivity contribution in [3.8, 4) is 0 Å². The van der Waals surface area contributed by atoms with E-state index in [4.69, 9.17) is 0 Å². The van der Waals surface area contributed by atoms with E-state index in [0.29, 0.717) is 11.3 Å². The van der Waals surface area contributed by atoms with Crippen molar-refractivity contribution in [1.29, 1.82) is 0 Å². The molecule has 2 rings (SSSR count). The van der Waals surface area contributed by atoms with Gasteiger partial charge in [0.1, 0.15) is 0 Å². The first-order chi connectivity index (χ1) is 6.11. The van der Waals surface area contributed by atoms with E-state index in [1.165, 1.54) is 3.11 Å². The molecule has 0 saturated carbocycles. The van der Waals surface area contributed by atoms with Crippen LogP contribution in [0.5, 0.6) is 0 Å². The van der Waals surface area contributed by atoms with Crippen LogP contribution in [-0.2, 0) is 4.79 Å². The number of rotatable bonds is 0. The van der Waals surface area contributed by atoms with Gasteiger partial charge in [-0.3, -0.25) is 9.59 Å². The lowest BCUT2D eigenvalue weighted by Gasteiger charge is -2.04. The third-order valence-corrected chi connectivity index (χ3v) is 2.94. The number of amides is 1. The maximum absolute atomic E-state index is 11.4. The van der Waals surface area contributed by atoms with Gasteiger partial charge in [-0.15, -0.1) is 0 Å². The summed E-state index contributed by atoms with van der Waals surface area (Å²) in [5, 5.41) is 0. The Bertz CT molecular complexity index is 414. The predicted molar refractivity (Wildman–Crippen MR) is 57.0 cm³/mol.